The first kappa shape index (κ1) is 19.5. The number of rotatable bonds is 4. The Labute approximate surface area is 179 Å². The van der Waals surface area contributed by atoms with Crippen LogP contribution in [0.15, 0.2) is 46.2 Å². The molecule has 9 heteroatoms. The Kier molecular flexibility index (Phi) is 5.23. The summed E-state index contributed by atoms with van der Waals surface area (Å²) >= 11 is 0. The number of nitrogens with zero attached hydrogens (tertiary/aromatic N) is 3. The third-order valence-corrected chi connectivity index (χ3v) is 5.68. The van der Waals surface area contributed by atoms with E-state index in [-0.39, 0.29) is 18.6 Å². The minimum atomic E-state index is -0.615. The maximum atomic E-state index is 13.0. The van der Waals surface area contributed by atoms with Crippen LogP contribution in [0.3, 0.4) is 0 Å². The van der Waals surface area contributed by atoms with Crippen molar-refractivity contribution < 1.29 is 28.3 Å². The van der Waals surface area contributed by atoms with Gasteiger partial charge in [0.05, 0.1) is 12.0 Å². The fourth-order valence-electron chi connectivity index (χ4n) is 4.05. The average Bonchev–Trinajstić information content (AvgIpc) is 3.52. The fourth-order valence-corrected chi connectivity index (χ4v) is 4.05. The molecule has 3 aliphatic rings. The van der Waals surface area contributed by atoms with E-state index in [1.807, 2.05) is 18.2 Å². The molecule has 1 unspecified atom stereocenters. The van der Waals surface area contributed by atoms with Gasteiger partial charge in [-0.25, -0.2) is 0 Å². The molecule has 0 spiro atoms. The lowest BCUT2D eigenvalue weighted by atomic mass is 10.0. The minimum absolute atomic E-state index is 0.0864. The summed E-state index contributed by atoms with van der Waals surface area (Å²) in [4.78, 5) is 34.4. The maximum absolute atomic E-state index is 13.0. The second-order valence-corrected chi connectivity index (χ2v) is 7.77. The first-order valence-electron chi connectivity index (χ1n) is 10.4. The molecule has 0 aliphatic carbocycles. The van der Waals surface area contributed by atoms with Crippen LogP contribution in [0.2, 0.25) is 0 Å². The zero-order valence-electron chi connectivity index (χ0n) is 17.0. The van der Waals surface area contributed by atoms with Gasteiger partial charge in [0.2, 0.25) is 12.9 Å². The number of ether oxygens (including phenoxy) is 2. The largest absolute Gasteiger partial charge is 0.459 e. The molecular weight excluding hydrogens is 402 g/mol. The van der Waals surface area contributed by atoms with Crippen molar-refractivity contribution in [3.05, 3.63) is 47.9 Å². The molecule has 0 bridgehead atoms. The second kappa shape index (κ2) is 8.33. The van der Waals surface area contributed by atoms with Crippen LogP contribution < -0.4 is 9.47 Å². The standard InChI is InChI=1S/C22H23N3O6/c26-21(18-3-1-10-28-18)24-6-2-7-25(9-8-24)22(27)20-13-16(23-31-20)11-15-4-5-17-19(12-15)30-14-29-17/h1,3-5,10,12,20H,2,6-9,11,13-14H2. The number of fused-ring (bicyclic) bond motifs is 1. The summed E-state index contributed by atoms with van der Waals surface area (Å²) in [7, 11) is 0. The lowest BCUT2D eigenvalue weighted by molar-refractivity contribution is -0.141. The van der Waals surface area contributed by atoms with E-state index in [4.69, 9.17) is 18.7 Å². The number of oxime groups is 1. The molecule has 1 saturated heterocycles. The van der Waals surface area contributed by atoms with Gasteiger partial charge in [0.15, 0.2) is 17.3 Å². The normalized spacial score (nSPS) is 20.3. The van der Waals surface area contributed by atoms with E-state index in [1.54, 1.807) is 21.9 Å². The van der Waals surface area contributed by atoms with Gasteiger partial charge in [0, 0.05) is 39.0 Å². The molecule has 4 heterocycles. The SMILES string of the molecule is O=C(c1ccco1)N1CCCN(C(=O)C2CC(Cc3ccc4c(c3)OCO4)=NO2)CC1. The van der Waals surface area contributed by atoms with E-state index >= 15 is 0 Å². The Balaban J connectivity index is 1.15. The molecule has 3 aliphatic heterocycles. The van der Waals surface area contributed by atoms with Gasteiger partial charge in [-0.1, -0.05) is 11.2 Å². The predicted molar refractivity (Wildman–Crippen MR) is 109 cm³/mol. The Hall–Kier alpha value is -3.49. The number of hydrogen-bond acceptors (Lipinski definition) is 7. The quantitative estimate of drug-likeness (QED) is 0.745. The van der Waals surface area contributed by atoms with E-state index in [0.29, 0.717) is 51.2 Å². The molecule has 1 aromatic heterocycles. The van der Waals surface area contributed by atoms with Crippen molar-refractivity contribution in [2.24, 2.45) is 5.16 Å². The van der Waals surface area contributed by atoms with E-state index in [1.165, 1.54) is 6.26 Å². The van der Waals surface area contributed by atoms with E-state index in [0.717, 1.165) is 22.8 Å². The molecule has 2 amide bonds. The smallest absolute Gasteiger partial charge is 0.289 e. The van der Waals surface area contributed by atoms with E-state index in [2.05, 4.69) is 5.16 Å². The minimum Gasteiger partial charge on any atom is -0.459 e. The van der Waals surface area contributed by atoms with Gasteiger partial charge in [-0.15, -0.1) is 0 Å². The molecule has 1 fully saturated rings. The molecule has 1 aromatic carbocycles. The summed E-state index contributed by atoms with van der Waals surface area (Å²) in [6.45, 7) is 2.32. The van der Waals surface area contributed by atoms with Gasteiger partial charge < -0.3 is 28.5 Å². The Morgan fingerprint density at radius 1 is 1.03 bits per heavy atom. The van der Waals surface area contributed by atoms with Crippen LogP contribution in [-0.4, -0.2) is 66.4 Å². The van der Waals surface area contributed by atoms with E-state index < -0.39 is 6.10 Å². The highest BCUT2D eigenvalue weighted by atomic mass is 16.7. The summed E-state index contributed by atoms with van der Waals surface area (Å²) in [5, 5.41) is 4.14. The van der Waals surface area contributed by atoms with Crippen LogP contribution in [0.4, 0.5) is 0 Å². The Morgan fingerprint density at radius 2 is 1.87 bits per heavy atom. The average molecular weight is 425 g/mol. The molecular formula is C22H23N3O6. The van der Waals surface area contributed by atoms with Crippen molar-refractivity contribution in [3.8, 4) is 11.5 Å². The molecule has 31 heavy (non-hydrogen) atoms. The number of furan rings is 1. The van der Waals surface area contributed by atoms with Crippen LogP contribution in [-0.2, 0) is 16.1 Å². The fraction of sp³-hybridized carbons (Fsp3) is 0.409. The molecule has 0 N–H and O–H groups in total. The van der Waals surface area contributed by atoms with Crippen LogP contribution in [0.25, 0.3) is 0 Å². The highest BCUT2D eigenvalue weighted by Gasteiger charge is 2.33. The van der Waals surface area contributed by atoms with Crippen molar-refractivity contribution in [2.45, 2.75) is 25.4 Å². The number of hydrogen-bond donors (Lipinski definition) is 0. The molecule has 1 atom stereocenters. The van der Waals surface area contributed by atoms with Crippen molar-refractivity contribution in [1.29, 1.82) is 0 Å². The van der Waals surface area contributed by atoms with Crippen molar-refractivity contribution >= 4 is 17.5 Å². The number of carbonyl (C=O) groups excluding carboxylic acids is 2. The highest BCUT2D eigenvalue weighted by Crippen LogP contribution is 2.33. The van der Waals surface area contributed by atoms with Crippen LogP contribution in [0.5, 0.6) is 11.5 Å². The predicted octanol–water partition coefficient (Wildman–Crippen LogP) is 2.07. The summed E-state index contributed by atoms with van der Waals surface area (Å²) in [6, 6.07) is 9.12. The number of amides is 2. The summed E-state index contributed by atoms with van der Waals surface area (Å²) < 4.78 is 16.0. The van der Waals surface area contributed by atoms with Gasteiger partial charge in [-0.2, -0.15) is 0 Å². The lowest BCUT2D eigenvalue weighted by Crippen LogP contribution is -2.42. The second-order valence-electron chi connectivity index (χ2n) is 7.77. The summed E-state index contributed by atoms with van der Waals surface area (Å²) in [6.07, 6.45) is 2.62. The zero-order valence-corrected chi connectivity index (χ0v) is 17.0. The Morgan fingerprint density at radius 3 is 2.74 bits per heavy atom. The van der Waals surface area contributed by atoms with Crippen molar-refractivity contribution in [1.82, 2.24) is 9.80 Å². The Bertz CT molecular complexity index is 1000. The van der Waals surface area contributed by atoms with Gasteiger partial charge in [-0.05, 0) is 36.2 Å². The van der Waals surface area contributed by atoms with Gasteiger partial charge in [0.1, 0.15) is 0 Å². The molecule has 5 rings (SSSR count). The van der Waals surface area contributed by atoms with Crippen LogP contribution in [0, 0.1) is 0 Å². The molecule has 9 nitrogen and oxygen atoms in total. The molecule has 0 saturated carbocycles. The third kappa shape index (κ3) is 4.08. The van der Waals surface area contributed by atoms with E-state index in [9.17, 15) is 9.59 Å². The maximum Gasteiger partial charge on any atom is 0.289 e. The van der Waals surface area contributed by atoms with Crippen molar-refractivity contribution in [3.63, 3.8) is 0 Å². The van der Waals surface area contributed by atoms with Gasteiger partial charge in [0.25, 0.3) is 11.8 Å². The zero-order chi connectivity index (χ0) is 21.2. The highest BCUT2D eigenvalue weighted by molar-refractivity contribution is 5.94. The molecule has 0 radical (unpaired) electrons. The lowest BCUT2D eigenvalue weighted by Gasteiger charge is -2.23. The number of benzene rings is 1. The van der Waals surface area contributed by atoms with Crippen LogP contribution in [0.1, 0.15) is 29.0 Å². The topological polar surface area (TPSA) is 93.8 Å². The van der Waals surface area contributed by atoms with Gasteiger partial charge in [-0.3, -0.25) is 9.59 Å². The first-order valence-corrected chi connectivity index (χ1v) is 10.4. The number of carbonyl (C=O) groups is 2. The van der Waals surface area contributed by atoms with Crippen LogP contribution >= 0.6 is 0 Å². The summed E-state index contributed by atoms with van der Waals surface area (Å²) in [5.41, 5.74) is 1.85. The first-order chi connectivity index (χ1) is 15.2. The summed E-state index contributed by atoms with van der Waals surface area (Å²) in [5.74, 6) is 1.55. The molecule has 2 aromatic rings. The van der Waals surface area contributed by atoms with Crippen molar-refractivity contribution in [2.75, 3.05) is 33.0 Å². The molecule has 162 valence electrons. The van der Waals surface area contributed by atoms with Gasteiger partial charge >= 0.3 is 0 Å². The third-order valence-electron chi connectivity index (χ3n) is 5.68. The monoisotopic (exact) mass is 425 g/mol.